The van der Waals surface area contributed by atoms with Crippen LogP contribution in [0, 0.1) is 6.92 Å². The number of amides is 2. The predicted molar refractivity (Wildman–Crippen MR) is 153 cm³/mol. The summed E-state index contributed by atoms with van der Waals surface area (Å²) in [5.74, 6) is 1.23. The van der Waals surface area contributed by atoms with Crippen LogP contribution in [0.1, 0.15) is 33.5 Å². The van der Waals surface area contributed by atoms with Crippen LogP contribution in [0.2, 0.25) is 0 Å². The third-order valence-electron chi connectivity index (χ3n) is 6.12. The van der Waals surface area contributed by atoms with Gasteiger partial charge in [-0.25, -0.2) is 0 Å². The topological polar surface area (TPSA) is 68.3 Å². The number of nitrogens with zero attached hydrogens (tertiary/aromatic N) is 2. The van der Waals surface area contributed by atoms with Crippen molar-refractivity contribution in [2.45, 2.75) is 39.7 Å². The number of ether oxygens (including phenoxy) is 3. The molecule has 0 unspecified atom stereocenters. The summed E-state index contributed by atoms with van der Waals surface area (Å²) in [7, 11) is 3.23. The Morgan fingerprint density at radius 2 is 1.74 bits per heavy atom. The molecule has 7 nitrogen and oxygen atoms in total. The van der Waals surface area contributed by atoms with E-state index in [1.807, 2.05) is 47.5 Å². The molecule has 0 bridgehead atoms. The zero-order valence-electron chi connectivity index (χ0n) is 22.7. The Bertz CT molecular complexity index is 1150. The Morgan fingerprint density at radius 1 is 0.921 bits per heavy atom. The summed E-state index contributed by atoms with van der Waals surface area (Å²) in [6.45, 7) is 6.77. The highest BCUT2D eigenvalue weighted by atomic mass is 32.1. The van der Waals surface area contributed by atoms with E-state index >= 15 is 0 Å². The van der Waals surface area contributed by atoms with Gasteiger partial charge in [-0.1, -0.05) is 12.1 Å². The van der Waals surface area contributed by atoms with Crippen LogP contribution in [-0.2, 0) is 33.7 Å². The van der Waals surface area contributed by atoms with E-state index in [0.29, 0.717) is 63.6 Å². The fourth-order valence-electron chi connectivity index (χ4n) is 4.08. The van der Waals surface area contributed by atoms with Gasteiger partial charge >= 0.3 is 0 Å². The van der Waals surface area contributed by atoms with Crippen molar-refractivity contribution in [3.8, 4) is 11.5 Å². The fourth-order valence-corrected chi connectivity index (χ4v) is 5.68. The van der Waals surface area contributed by atoms with Crippen molar-refractivity contribution in [3.63, 3.8) is 0 Å². The molecule has 2 aromatic heterocycles. The molecule has 0 saturated carbocycles. The molecule has 38 heavy (non-hydrogen) atoms. The normalized spacial score (nSPS) is 10.8. The van der Waals surface area contributed by atoms with Gasteiger partial charge < -0.3 is 24.0 Å². The summed E-state index contributed by atoms with van der Waals surface area (Å²) in [5.41, 5.74) is 1.05. The van der Waals surface area contributed by atoms with Gasteiger partial charge in [0, 0.05) is 40.9 Å². The molecule has 3 rings (SSSR count). The fraction of sp³-hybridized carbons (Fsp3) is 0.448. The van der Waals surface area contributed by atoms with Crippen molar-refractivity contribution >= 4 is 34.5 Å². The summed E-state index contributed by atoms with van der Waals surface area (Å²) >= 11 is 3.24. The molecule has 2 amide bonds. The SMILES string of the molecule is CCOCCCN(CC(=O)N(CCc1ccc(OC)c(OC)c1)Cc1ccc(C)s1)C(=O)Cc1cccs1. The molecule has 3 aromatic rings. The Labute approximate surface area is 233 Å². The van der Waals surface area contributed by atoms with E-state index in [0.717, 1.165) is 15.3 Å². The molecule has 0 spiro atoms. The van der Waals surface area contributed by atoms with Crippen molar-refractivity contribution in [1.29, 1.82) is 0 Å². The molecule has 0 aliphatic carbocycles. The summed E-state index contributed by atoms with van der Waals surface area (Å²) in [4.78, 5) is 33.7. The molecule has 2 heterocycles. The zero-order valence-corrected chi connectivity index (χ0v) is 24.4. The summed E-state index contributed by atoms with van der Waals surface area (Å²) in [5, 5.41) is 1.96. The van der Waals surface area contributed by atoms with Gasteiger partial charge in [0.1, 0.15) is 0 Å². The molecular weight excluding hydrogens is 520 g/mol. The minimum atomic E-state index is -0.0625. The first-order valence-electron chi connectivity index (χ1n) is 12.8. The number of benzene rings is 1. The second-order valence-corrected chi connectivity index (χ2v) is 11.3. The van der Waals surface area contributed by atoms with Gasteiger partial charge in [0.25, 0.3) is 0 Å². The van der Waals surface area contributed by atoms with Gasteiger partial charge in [0.05, 0.1) is 33.7 Å². The first kappa shape index (κ1) is 29.7. The van der Waals surface area contributed by atoms with Gasteiger partial charge in [0.2, 0.25) is 11.8 Å². The van der Waals surface area contributed by atoms with Gasteiger partial charge in [0.15, 0.2) is 11.5 Å². The van der Waals surface area contributed by atoms with Crippen LogP contribution in [0.25, 0.3) is 0 Å². The van der Waals surface area contributed by atoms with Crippen molar-refractivity contribution in [3.05, 3.63) is 68.0 Å². The number of hydrogen-bond acceptors (Lipinski definition) is 7. The highest BCUT2D eigenvalue weighted by molar-refractivity contribution is 7.11. The molecule has 0 fully saturated rings. The second kappa shape index (κ2) is 15.5. The van der Waals surface area contributed by atoms with Crippen LogP contribution in [0.5, 0.6) is 11.5 Å². The number of hydrogen-bond donors (Lipinski definition) is 0. The maximum Gasteiger partial charge on any atom is 0.242 e. The number of rotatable bonds is 16. The largest absolute Gasteiger partial charge is 0.493 e. The van der Waals surface area contributed by atoms with E-state index in [9.17, 15) is 9.59 Å². The second-order valence-electron chi connectivity index (χ2n) is 8.89. The lowest BCUT2D eigenvalue weighted by Gasteiger charge is -2.28. The van der Waals surface area contributed by atoms with Crippen LogP contribution in [0.4, 0.5) is 0 Å². The molecule has 9 heteroatoms. The van der Waals surface area contributed by atoms with Gasteiger partial charge in [-0.15, -0.1) is 22.7 Å². The Balaban J connectivity index is 1.73. The summed E-state index contributed by atoms with van der Waals surface area (Å²) < 4.78 is 16.3. The molecule has 0 atom stereocenters. The Kier molecular flexibility index (Phi) is 12.1. The molecule has 1 aromatic carbocycles. The molecular formula is C29H38N2O5S2. The number of aryl methyl sites for hydroxylation is 1. The van der Waals surface area contributed by atoms with Gasteiger partial charge in [-0.3, -0.25) is 9.59 Å². The first-order valence-corrected chi connectivity index (χ1v) is 14.5. The average Bonchev–Trinajstić information content (AvgIpc) is 3.59. The van der Waals surface area contributed by atoms with E-state index in [1.54, 1.807) is 41.8 Å². The molecule has 0 N–H and O–H groups in total. The van der Waals surface area contributed by atoms with E-state index in [4.69, 9.17) is 14.2 Å². The highest BCUT2D eigenvalue weighted by Gasteiger charge is 2.22. The van der Waals surface area contributed by atoms with Crippen LogP contribution in [-0.4, -0.2) is 68.7 Å². The molecule has 0 aliphatic rings. The first-order chi connectivity index (χ1) is 18.4. The minimum absolute atomic E-state index is 0.0379. The van der Waals surface area contributed by atoms with Gasteiger partial charge in [-0.05, 0) is 68.0 Å². The minimum Gasteiger partial charge on any atom is -0.493 e. The summed E-state index contributed by atoms with van der Waals surface area (Å²) in [6.07, 6.45) is 1.65. The van der Waals surface area contributed by atoms with Crippen molar-refractivity contribution in [2.24, 2.45) is 0 Å². The summed E-state index contributed by atoms with van der Waals surface area (Å²) in [6, 6.07) is 13.9. The van der Waals surface area contributed by atoms with Gasteiger partial charge in [-0.2, -0.15) is 0 Å². The monoisotopic (exact) mass is 558 g/mol. The number of thiophene rings is 2. The zero-order chi connectivity index (χ0) is 27.3. The average molecular weight is 559 g/mol. The molecule has 0 aliphatic heterocycles. The van der Waals surface area contributed by atoms with Crippen LogP contribution >= 0.6 is 22.7 Å². The van der Waals surface area contributed by atoms with E-state index < -0.39 is 0 Å². The Hall–Kier alpha value is -2.88. The smallest absolute Gasteiger partial charge is 0.242 e. The number of methoxy groups -OCH3 is 2. The van der Waals surface area contributed by atoms with E-state index in [-0.39, 0.29) is 18.4 Å². The maximum absolute atomic E-state index is 13.7. The quantitative estimate of drug-likeness (QED) is 0.226. The molecule has 206 valence electrons. The number of carbonyl (C=O) groups excluding carboxylic acids is 2. The maximum atomic E-state index is 13.7. The predicted octanol–water partition coefficient (Wildman–Crippen LogP) is 5.20. The lowest BCUT2D eigenvalue weighted by molar-refractivity contribution is -0.140. The van der Waals surface area contributed by atoms with Crippen molar-refractivity contribution in [2.75, 3.05) is 47.1 Å². The lowest BCUT2D eigenvalue weighted by atomic mass is 10.1. The third kappa shape index (κ3) is 9.15. The van der Waals surface area contributed by atoms with Crippen LogP contribution in [0.3, 0.4) is 0 Å². The lowest BCUT2D eigenvalue weighted by Crippen LogP contribution is -2.44. The van der Waals surface area contributed by atoms with E-state index in [1.165, 1.54) is 4.88 Å². The highest BCUT2D eigenvalue weighted by Crippen LogP contribution is 2.28. The van der Waals surface area contributed by atoms with Crippen LogP contribution in [0.15, 0.2) is 47.8 Å². The van der Waals surface area contributed by atoms with Crippen molar-refractivity contribution < 1.29 is 23.8 Å². The van der Waals surface area contributed by atoms with E-state index in [2.05, 4.69) is 19.1 Å². The third-order valence-corrected chi connectivity index (χ3v) is 7.98. The van der Waals surface area contributed by atoms with Crippen molar-refractivity contribution in [1.82, 2.24) is 9.80 Å². The standard InChI is InChI=1S/C29H38N2O5S2/c1-5-36-16-7-14-30(28(32)19-24-8-6-17-37-24)21-29(33)31(20-25-11-9-22(2)38-25)15-13-23-10-12-26(34-3)27(18-23)35-4/h6,8-12,17-18H,5,7,13-16,19-21H2,1-4H3. The molecule has 0 radical (unpaired) electrons. The van der Waals surface area contributed by atoms with Crippen LogP contribution < -0.4 is 9.47 Å². The molecule has 0 saturated heterocycles. The number of carbonyl (C=O) groups is 2. The Morgan fingerprint density at radius 3 is 2.39 bits per heavy atom.